The molecule has 0 saturated carbocycles. The lowest BCUT2D eigenvalue weighted by Gasteiger charge is -2.08. The quantitative estimate of drug-likeness (QED) is 0.625. The number of para-hydroxylation sites is 1. The largest absolute Gasteiger partial charge is 0.480 e. The lowest BCUT2D eigenvalue weighted by Crippen LogP contribution is -2.32. The third-order valence-electron chi connectivity index (χ3n) is 4.39. The van der Waals surface area contributed by atoms with Crippen LogP contribution in [0, 0.1) is 0 Å². The summed E-state index contributed by atoms with van der Waals surface area (Å²) >= 11 is 0. The van der Waals surface area contributed by atoms with Gasteiger partial charge in [-0.15, -0.1) is 0 Å². The molecule has 1 atom stereocenters. The molecule has 0 unspecified atom stereocenters. The number of allylic oxidation sites excluding steroid dienone is 4. The molecule has 0 fully saturated rings. The predicted molar refractivity (Wildman–Crippen MR) is 104 cm³/mol. The zero-order chi connectivity index (χ0) is 18.4. The molecule has 1 heterocycles. The highest BCUT2D eigenvalue weighted by Gasteiger charge is 2.18. The highest BCUT2D eigenvalue weighted by atomic mass is 16.4. The van der Waals surface area contributed by atoms with Gasteiger partial charge in [-0.1, -0.05) is 41.5 Å². The lowest BCUT2D eigenvalue weighted by molar-refractivity contribution is -0.138. The summed E-state index contributed by atoms with van der Waals surface area (Å²) in [5.74, 6) is -0.968. The topological polar surface area (TPSA) is 79.1 Å². The fourth-order valence-electron chi connectivity index (χ4n) is 2.94. The number of nitrogens with two attached hydrogens (primary N) is 1. The van der Waals surface area contributed by atoms with Gasteiger partial charge < -0.3 is 15.8 Å². The first-order valence-electron chi connectivity index (χ1n) is 8.74. The van der Waals surface area contributed by atoms with Crippen molar-refractivity contribution in [2.24, 2.45) is 5.73 Å². The summed E-state index contributed by atoms with van der Waals surface area (Å²) in [6.45, 7) is 6.37. The van der Waals surface area contributed by atoms with Gasteiger partial charge in [-0.2, -0.15) is 0 Å². The smallest absolute Gasteiger partial charge is 0.320 e. The number of aromatic nitrogens is 1. The van der Waals surface area contributed by atoms with E-state index in [1.165, 1.54) is 11.1 Å². The van der Waals surface area contributed by atoms with E-state index in [-0.39, 0.29) is 0 Å². The van der Waals surface area contributed by atoms with E-state index in [0.29, 0.717) is 6.42 Å². The molecular formula is C21H28N2O2. The normalized spacial score (nSPS) is 13.0. The van der Waals surface area contributed by atoms with E-state index in [4.69, 9.17) is 10.8 Å². The van der Waals surface area contributed by atoms with Crippen LogP contribution in [0.3, 0.4) is 0 Å². The average Bonchev–Trinajstić information content (AvgIpc) is 2.90. The van der Waals surface area contributed by atoms with Gasteiger partial charge in [0.2, 0.25) is 0 Å². The van der Waals surface area contributed by atoms with Crippen LogP contribution in [0.15, 0.2) is 47.6 Å². The second-order valence-corrected chi connectivity index (χ2v) is 6.85. The van der Waals surface area contributed by atoms with Gasteiger partial charge in [0, 0.05) is 29.4 Å². The zero-order valence-electron chi connectivity index (χ0n) is 15.3. The molecule has 1 aromatic heterocycles. The summed E-state index contributed by atoms with van der Waals surface area (Å²) in [5, 5.41) is 10.2. The maximum Gasteiger partial charge on any atom is 0.320 e. The van der Waals surface area contributed by atoms with Crippen LogP contribution in [0.4, 0.5) is 0 Å². The molecule has 1 aromatic carbocycles. The van der Waals surface area contributed by atoms with Crippen molar-refractivity contribution < 1.29 is 9.90 Å². The van der Waals surface area contributed by atoms with Crippen LogP contribution in [0.5, 0.6) is 0 Å². The van der Waals surface area contributed by atoms with Crippen molar-refractivity contribution in [3.8, 4) is 0 Å². The molecule has 0 amide bonds. The Morgan fingerprint density at radius 3 is 2.64 bits per heavy atom. The van der Waals surface area contributed by atoms with Crippen LogP contribution in [0.2, 0.25) is 0 Å². The fraction of sp³-hybridized carbons (Fsp3) is 0.381. The summed E-state index contributed by atoms with van der Waals surface area (Å²) in [5.41, 5.74) is 11.6. The Balaban J connectivity index is 2.21. The van der Waals surface area contributed by atoms with Gasteiger partial charge in [0.25, 0.3) is 0 Å². The van der Waals surface area contributed by atoms with E-state index < -0.39 is 12.0 Å². The second kappa shape index (κ2) is 8.67. The standard InChI is InChI=1S/C21H28N2O2/c1-14(2)7-6-8-15(3)11-12-20-17(13-18(22)21(24)25)16-9-4-5-10-19(16)23-20/h4-5,7,9-11,18,23H,6,8,12-13,22H2,1-3H3,(H,24,25)/b15-11+/t18-/m0/s1. The predicted octanol–water partition coefficient (Wildman–Crippen LogP) is 4.36. The monoisotopic (exact) mass is 340 g/mol. The van der Waals surface area contributed by atoms with Crippen molar-refractivity contribution in [1.29, 1.82) is 0 Å². The highest BCUT2D eigenvalue weighted by Crippen LogP contribution is 2.25. The van der Waals surface area contributed by atoms with Crippen molar-refractivity contribution in [2.45, 2.75) is 52.5 Å². The first kappa shape index (κ1) is 19.0. The molecule has 0 aliphatic carbocycles. The minimum absolute atomic E-state index is 0.333. The van der Waals surface area contributed by atoms with Crippen LogP contribution in [0.1, 0.15) is 44.9 Å². The first-order chi connectivity index (χ1) is 11.9. The molecule has 0 aliphatic rings. The summed E-state index contributed by atoms with van der Waals surface area (Å²) < 4.78 is 0. The number of carboxylic acids is 1. The maximum absolute atomic E-state index is 11.2. The third-order valence-corrected chi connectivity index (χ3v) is 4.39. The van der Waals surface area contributed by atoms with Crippen LogP contribution >= 0.6 is 0 Å². The molecule has 25 heavy (non-hydrogen) atoms. The van der Waals surface area contributed by atoms with Gasteiger partial charge in [-0.3, -0.25) is 4.79 Å². The summed E-state index contributed by atoms with van der Waals surface area (Å²) in [6.07, 6.45) is 7.65. The number of aromatic amines is 1. The Bertz CT molecular complexity index is 795. The molecule has 2 rings (SSSR count). The number of hydrogen-bond donors (Lipinski definition) is 3. The molecule has 0 bridgehead atoms. The van der Waals surface area contributed by atoms with Crippen molar-refractivity contribution in [3.05, 3.63) is 58.8 Å². The Morgan fingerprint density at radius 2 is 1.96 bits per heavy atom. The number of aliphatic carboxylic acids is 1. The molecule has 0 aliphatic heterocycles. The molecule has 0 radical (unpaired) electrons. The highest BCUT2D eigenvalue weighted by molar-refractivity contribution is 5.85. The molecular weight excluding hydrogens is 312 g/mol. The van der Waals surface area contributed by atoms with Crippen LogP contribution in [-0.4, -0.2) is 22.1 Å². The van der Waals surface area contributed by atoms with Gasteiger partial charge in [-0.05, 0) is 45.2 Å². The van der Waals surface area contributed by atoms with E-state index in [1.54, 1.807) is 0 Å². The number of fused-ring (bicyclic) bond motifs is 1. The van der Waals surface area contributed by atoms with E-state index in [1.807, 2.05) is 24.3 Å². The number of carboxylic acid groups (broad SMARTS) is 1. The Labute approximate surface area is 149 Å². The Kier molecular flexibility index (Phi) is 6.59. The van der Waals surface area contributed by atoms with Gasteiger partial charge in [-0.25, -0.2) is 0 Å². The summed E-state index contributed by atoms with van der Waals surface area (Å²) in [6, 6.07) is 7.09. The number of nitrogens with one attached hydrogen (secondary N) is 1. The molecule has 4 nitrogen and oxygen atoms in total. The van der Waals surface area contributed by atoms with E-state index in [9.17, 15) is 4.79 Å². The number of rotatable bonds is 8. The van der Waals surface area contributed by atoms with Crippen LogP contribution in [-0.2, 0) is 17.6 Å². The minimum atomic E-state index is -0.968. The van der Waals surface area contributed by atoms with Crippen LogP contribution in [0.25, 0.3) is 10.9 Å². The molecule has 0 spiro atoms. The van der Waals surface area contributed by atoms with Crippen LogP contribution < -0.4 is 5.73 Å². The molecule has 4 heteroatoms. The number of benzene rings is 1. The fourth-order valence-corrected chi connectivity index (χ4v) is 2.94. The minimum Gasteiger partial charge on any atom is -0.480 e. The lowest BCUT2D eigenvalue weighted by atomic mass is 10.0. The molecule has 4 N–H and O–H groups in total. The SMILES string of the molecule is CC(C)=CCC/C(C)=C/Cc1[nH]c2ccccc2c1C[C@H](N)C(=O)O. The van der Waals surface area contributed by atoms with Crippen molar-refractivity contribution in [3.63, 3.8) is 0 Å². The summed E-state index contributed by atoms with van der Waals surface area (Å²) in [4.78, 5) is 14.6. The van der Waals surface area contributed by atoms with Crippen molar-refractivity contribution in [2.75, 3.05) is 0 Å². The van der Waals surface area contributed by atoms with Gasteiger partial charge >= 0.3 is 5.97 Å². The van der Waals surface area contributed by atoms with Gasteiger partial charge in [0.1, 0.15) is 6.04 Å². The maximum atomic E-state index is 11.2. The molecule has 134 valence electrons. The van der Waals surface area contributed by atoms with E-state index in [0.717, 1.165) is 41.4 Å². The number of H-pyrrole nitrogens is 1. The zero-order valence-corrected chi connectivity index (χ0v) is 15.3. The molecule has 2 aromatic rings. The Morgan fingerprint density at radius 1 is 1.24 bits per heavy atom. The average molecular weight is 340 g/mol. The Hall–Kier alpha value is -2.33. The number of carbonyl (C=O) groups is 1. The van der Waals surface area contributed by atoms with E-state index in [2.05, 4.69) is 37.9 Å². The van der Waals surface area contributed by atoms with Crippen molar-refractivity contribution >= 4 is 16.9 Å². The van der Waals surface area contributed by atoms with Crippen molar-refractivity contribution in [1.82, 2.24) is 4.98 Å². The second-order valence-electron chi connectivity index (χ2n) is 6.85. The molecule has 0 saturated heterocycles. The van der Waals surface area contributed by atoms with Gasteiger partial charge in [0.05, 0.1) is 0 Å². The third kappa shape index (κ3) is 5.33. The van der Waals surface area contributed by atoms with Gasteiger partial charge in [0.15, 0.2) is 0 Å². The van der Waals surface area contributed by atoms with E-state index >= 15 is 0 Å². The number of hydrogen-bond acceptors (Lipinski definition) is 2. The summed E-state index contributed by atoms with van der Waals surface area (Å²) in [7, 11) is 0. The first-order valence-corrected chi connectivity index (χ1v) is 8.74.